The number of aliphatic hydroxyl groups excluding tert-OH is 2. The number of aliphatic hydroxyl groups is 2. The largest absolute Gasteiger partial charge is 0.394 e. The molecule has 0 aliphatic carbocycles. The fourth-order valence-electron chi connectivity index (χ4n) is 1.20. The molecule has 1 heterocycles. The average molecular weight is 354 g/mol. The summed E-state index contributed by atoms with van der Waals surface area (Å²) in [5.74, 6) is 0.605. The minimum atomic E-state index is -0.733. The molecule has 0 amide bonds. The molecule has 4 nitrogen and oxygen atoms in total. The predicted octanol–water partition coefficient (Wildman–Crippen LogP) is 2.15. The first kappa shape index (κ1) is 13.9. The molecule has 6 heteroatoms. The second-order valence-corrected chi connectivity index (χ2v) is 5.33. The number of hydrogen-bond donors (Lipinski definition) is 3. The Labute approximate surface area is 111 Å². The summed E-state index contributed by atoms with van der Waals surface area (Å²) in [6, 6.07) is 1.85. The number of aromatic nitrogens is 1. The molecule has 0 bridgehead atoms. The van der Waals surface area contributed by atoms with Crippen LogP contribution in [0.3, 0.4) is 0 Å². The smallest absolute Gasteiger partial charge is 0.140 e. The van der Waals surface area contributed by atoms with Crippen LogP contribution >= 0.6 is 31.9 Å². The fourth-order valence-corrected chi connectivity index (χ4v) is 2.29. The van der Waals surface area contributed by atoms with Gasteiger partial charge in [0.25, 0.3) is 0 Å². The minimum Gasteiger partial charge on any atom is -0.394 e. The highest BCUT2D eigenvalue weighted by Crippen LogP contribution is 2.26. The van der Waals surface area contributed by atoms with Crippen LogP contribution in [0.25, 0.3) is 0 Å². The van der Waals surface area contributed by atoms with E-state index in [1.807, 2.05) is 13.0 Å². The summed E-state index contributed by atoms with van der Waals surface area (Å²) in [7, 11) is 0. The normalized spacial score (nSPS) is 11.6. The van der Waals surface area contributed by atoms with Crippen LogP contribution in [-0.4, -0.2) is 33.9 Å². The molecule has 1 rings (SSSR count). The highest BCUT2D eigenvalue weighted by molar-refractivity contribution is 9.11. The van der Waals surface area contributed by atoms with Crippen LogP contribution in [-0.2, 0) is 0 Å². The van der Waals surface area contributed by atoms with Crippen molar-refractivity contribution in [3.63, 3.8) is 0 Å². The van der Waals surface area contributed by atoms with E-state index in [0.29, 0.717) is 12.2 Å². The molecule has 0 aliphatic rings. The summed E-state index contributed by atoms with van der Waals surface area (Å²) in [5.41, 5.74) is -0.733. The molecule has 0 fully saturated rings. The molecule has 1 aromatic rings. The predicted molar refractivity (Wildman–Crippen MR) is 70.5 cm³/mol. The Morgan fingerprint density at radius 2 is 2.00 bits per heavy atom. The first-order chi connectivity index (χ1) is 7.56. The number of rotatable bonds is 5. The van der Waals surface area contributed by atoms with Crippen molar-refractivity contribution in [2.24, 2.45) is 0 Å². The van der Waals surface area contributed by atoms with Crippen LogP contribution in [0.4, 0.5) is 5.82 Å². The van der Waals surface area contributed by atoms with Gasteiger partial charge in [0, 0.05) is 10.7 Å². The van der Waals surface area contributed by atoms with E-state index in [-0.39, 0.29) is 13.2 Å². The SMILES string of the molecule is CCC(CO)(CO)Nc1ncc(Br)cc1Br. The third-order valence-corrected chi connectivity index (χ3v) is 3.51. The van der Waals surface area contributed by atoms with E-state index in [1.54, 1.807) is 6.20 Å². The summed E-state index contributed by atoms with van der Waals surface area (Å²) in [5, 5.41) is 21.7. The van der Waals surface area contributed by atoms with Crippen LogP contribution in [0.1, 0.15) is 13.3 Å². The van der Waals surface area contributed by atoms with Gasteiger partial charge in [-0.2, -0.15) is 0 Å². The molecule has 16 heavy (non-hydrogen) atoms. The van der Waals surface area contributed by atoms with Gasteiger partial charge in [0.05, 0.1) is 23.2 Å². The van der Waals surface area contributed by atoms with E-state index < -0.39 is 5.54 Å². The van der Waals surface area contributed by atoms with Gasteiger partial charge in [0.1, 0.15) is 5.82 Å². The monoisotopic (exact) mass is 352 g/mol. The van der Waals surface area contributed by atoms with E-state index >= 15 is 0 Å². The standard InChI is InChI=1S/C10H14Br2N2O2/c1-2-10(5-15,6-16)14-9-8(12)3-7(11)4-13-9/h3-4,15-16H,2,5-6H2,1H3,(H,13,14). The van der Waals surface area contributed by atoms with Gasteiger partial charge in [0.2, 0.25) is 0 Å². The van der Waals surface area contributed by atoms with Gasteiger partial charge in [0.15, 0.2) is 0 Å². The zero-order chi connectivity index (χ0) is 12.2. The van der Waals surface area contributed by atoms with Gasteiger partial charge in [-0.15, -0.1) is 0 Å². The molecule has 0 saturated carbocycles. The first-order valence-electron chi connectivity index (χ1n) is 4.88. The van der Waals surface area contributed by atoms with Crippen LogP contribution in [0.5, 0.6) is 0 Å². The van der Waals surface area contributed by atoms with E-state index in [2.05, 4.69) is 42.2 Å². The molecule has 0 saturated heterocycles. The lowest BCUT2D eigenvalue weighted by atomic mass is 9.98. The molecule has 0 radical (unpaired) electrons. The Balaban J connectivity index is 2.93. The van der Waals surface area contributed by atoms with Gasteiger partial charge in [-0.05, 0) is 44.3 Å². The summed E-state index contributed by atoms with van der Waals surface area (Å²) >= 11 is 6.68. The summed E-state index contributed by atoms with van der Waals surface area (Å²) in [6.07, 6.45) is 2.26. The van der Waals surface area contributed by atoms with Crippen LogP contribution in [0.15, 0.2) is 21.2 Å². The maximum absolute atomic E-state index is 9.31. The Morgan fingerprint density at radius 1 is 1.38 bits per heavy atom. The number of hydrogen-bond acceptors (Lipinski definition) is 4. The molecule has 0 atom stereocenters. The maximum Gasteiger partial charge on any atom is 0.140 e. The van der Waals surface area contributed by atoms with Gasteiger partial charge in [-0.3, -0.25) is 0 Å². The highest BCUT2D eigenvalue weighted by atomic mass is 79.9. The molecule has 0 aliphatic heterocycles. The Bertz CT molecular complexity index is 348. The zero-order valence-corrected chi connectivity index (χ0v) is 12.0. The van der Waals surface area contributed by atoms with Crippen LogP contribution < -0.4 is 5.32 Å². The third kappa shape index (κ3) is 3.16. The summed E-state index contributed by atoms with van der Waals surface area (Å²) < 4.78 is 1.64. The molecule has 0 aromatic carbocycles. The molecular formula is C10H14Br2N2O2. The van der Waals surface area contributed by atoms with Crippen LogP contribution in [0, 0.1) is 0 Å². The van der Waals surface area contributed by atoms with Crippen molar-refractivity contribution in [2.45, 2.75) is 18.9 Å². The summed E-state index contributed by atoms with van der Waals surface area (Å²) in [4.78, 5) is 4.18. The topological polar surface area (TPSA) is 65.4 Å². The van der Waals surface area contributed by atoms with Gasteiger partial charge >= 0.3 is 0 Å². The van der Waals surface area contributed by atoms with Crippen molar-refractivity contribution < 1.29 is 10.2 Å². The molecule has 3 N–H and O–H groups in total. The number of nitrogens with one attached hydrogen (secondary N) is 1. The van der Waals surface area contributed by atoms with Crippen molar-refractivity contribution in [1.29, 1.82) is 0 Å². The van der Waals surface area contributed by atoms with Gasteiger partial charge in [-0.25, -0.2) is 4.98 Å². The maximum atomic E-state index is 9.31. The molecule has 0 unspecified atom stereocenters. The highest BCUT2D eigenvalue weighted by Gasteiger charge is 2.27. The number of nitrogens with zero attached hydrogens (tertiary/aromatic N) is 1. The lowest BCUT2D eigenvalue weighted by Gasteiger charge is -2.30. The van der Waals surface area contributed by atoms with Crippen molar-refractivity contribution in [3.8, 4) is 0 Å². The van der Waals surface area contributed by atoms with E-state index in [4.69, 9.17) is 0 Å². The lowest BCUT2D eigenvalue weighted by Crippen LogP contribution is -2.45. The van der Waals surface area contributed by atoms with Crippen molar-refractivity contribution in [2.75, 3.05) is 18.5 Å². The lowest BCUT2D eigenvalue weighted by molar-refractivity contribution is 0.132. The number of halogens is 2. The van der Waals surface area contributed by atoms with E-state index in [0.717, 1.165) is 8.95 Å². The quantitative estimate of drug-likeness (QED) is 0.758. The summed E-state index contributed by atoms with van der Waals surface area (Å²) in [6.45, 7) is 1.60. The minimum absolute atomic E-state index is 0.149. The average Bonchev–Trinajstić information content (AvgIpc) is 2.29. The zero-order valence-electron chi connectivity index (χ0n) is 8.87. The molecule has 90 valence electrons. The van der Waals surface area contributed by atoms with Crippen molar-refractivity contribution >= 4 is 37.7 Å². The Hall–Kier alpha value is -0.170. The van der Waals surface area contributed by atoms with E-state index in [9.17, 15) is 10.2 Å². The van der Waals surface area contributed by atoms with Gasteiger partial charge < -0.3 is 15.5 Å². The number of anilines is 1. The molecule has 0 spiro atoms. The number of pyridine rings is 1. The fraction of sp³-hybridized carbons (Fsp3) is 0.500. The third-order valence-electron chi connectivity index (χ3n) is 2.47. The molecular weight excluding hydrogens is 340 g/mol. The molecule has 1 aromatic heterocycles. The second kappa shape index (κ2) is 5.95. The first-order valence-corrected chi connectivity index (χ1v) is 6.46. The second-order valence-electron chi connectivity index (χ2n) is 3.56. The Kier molecular flexibility index (Phi) is 5.17. The van der Waals surface area contributed by atoms with Crippen LogP contribution in [0.2, 0.25) is 0 Å². The van der Waals surface area contributed by atoms with Gasteiger partial charge in [-0.1, -0.05) is 6.92 Å². The van der Waals surface area contributed by atoms with Crippen molar-refractivity contribution in [3.05, 3.63) is 21.2 Å². The van der Waals surface area contributed by atoms with Crippen molar-refractivity contribution in [1.82, 2.24) is 4.98 Å². The Morgan fingerprint density at radius 3 is 2.44 bits per heavy atom. The van der Waals surface area contributed by atoms with E-state index in [1.165, 1.54) is 0 Å².